The summed E-state index contributed by atoms with van der Waals surface area (Å²) in [6, 6.07) is 5.02. The van der Waals surface area contributed by atoms with Gasteiger partial charge in [-0.1, -0.05) is 19.9 Å². The number of anilines is 1. The Labute approximate surface area is 107 Å². The molecule has 1 atom stereocenters. The molecule has 5 heteroatoms. The minimum absolute atomic E-state index is 0.0407. The third-order valence-corrected chi connectivity index (χ3v) is 2.61. The van der Waals surface area contributed by atoms with Gasteiger partial charge in [-0.15, -0.1) is 0 Å². The summed E-state index contributed by atoms with van der Waals surface area (Å²) in [4.78, 5) is 14.9. The molecule has 1 rings (SSSR count). The van der Waals surface area contributed by atoms with Gasteiger partial charge >= 0.3 is 5.97 Å². The number of carboxylic acid groups (broad SMARTS) is 1. The lowest BCUT2D eigenvalue weighted by molar-refractivity contribution is 0.0690. The quantitative estimate of drug-likeness (QED) is 0.778. The Hall–Kier alpha value is -1.62. The fourth-order valence-corrected chi connectivity index (χ4v) is 1.47. The molecule has 2 N–H and O–H groups in total. The van der Waals surface area contributed by atoms with Crippen LogP contribution in [-0.2, 0) is 4.74 Å². The van der Waals surface area contributed by atoms with Gasteiger partial charge in [-0.3, -0.25) is 0 Å². The van der Waals surface area contributed by atoms with E-state index in [1.807, 2.05) is 6.92 Å². The summed E-state index contributed by atoms with van der Waals surface area (Å²) in [5.41, 5.74) is 0.0407. The Morgan fingerprint density at radius 3 is 2.78 bits per heavy atom. The number of nitrogens with zero attached hydrogens (tertiary/aromatic N) is 1. The zero-order chi connectivity index (χ0) is 13.5. The van der Waals surface area contributed by atoms with E-state index in [-0.39, 0.29) is 11.7 Å². The van der Waals surface area contributed by atoms with E-state index >= 15 is 0 Å². The van der Waals surface area contributed by atoms with Gasteiger partial charge in [0.15, 0.2) is 5.69 Å². The van der Waals surface area contributed by atoms with Crippen LogP contribution in [0.5, 0.6) is 0 Å². The molecule has 1 unspecified atom stereocenters. The van der Waals surface area contributed by atoms with Gasteiger partial charge in [-0.05, 0) is 25.0 Å². The second-order valence-electron chi connectivity index (χ2n) is 4.37. The van der Waals surface area contributed by atoms with Crippen molar-refractivity contribution in [2.75, 3.05) is 18.5 Å². The van der Waals surface area contributed by atoms with E-state index in [1.165, 1.54) is 6.07 Å². The molecule has 0 saturated carbocycles. The fraction of sp³-hybridized carbons (Fsp3) is 0.538. The van der Waals surface area contributed by atoms with Crippen LogP contribution in [-0.4, -0.2) is 35.3 Å². The molecule has 0 amide bonds. The number of hydrogen-bond acceptors (Lipinski definition) is 4. The molecule has 0 bridgehead atoms. The molecule has 1 heterocycles. The number of pyridine rings is 1. The van der Waals surface area contributed by atoms with Crippen molar-refractivity contribution in [2.24, 2.45) is 5.92 Å². The Morgan fingerprint density at radius 1 is 1.50 bits per heavy atom. The largest absolute Gasteiger partial charge is 0.477 e. The van der Waals surface area contributed by atoms with Crippen molar-refractivity contribution in [3.63, 3.8) is 0 Å². The molecule has 0 radical (unpaired) electrons. The normalized spacial score (nSPS) is 12.4. The lowest BCUT2D eigenvalue weighted by Gasteiger charge is -2.22. The average Bonchev–Trinajstić information content (AvgIpc) is 2.34. The number of aromatic nitrogens is 1. The number of rotatable bonds is 7. The predicted octanol–water partition coefficient (Wildman–Crippen LogP) is 2.25. The van der Waals surface area contributed by atoms with Gasteiger partial charge in [0.25, 0.3) is 0 Å². The highest BCUT2D eigenvalue weighted by Gasteiger charge is 2.14. The summed E-state index contributed by atoms with van der Waals surface area (Å²) in [7, 11) is 0. The highest BCUT2D eigenvalue weighted by molar-refractivity contribution is 5.85. The van der Waals surface area contributed by atoms with Crippen LogP contribution in [0.1, 0.15) is 31.3 Å². The summed E-state index contributed by atoms with van der Waals surface area (Å²) in [6.45, 7) is 7.34. The maximum absolute atomic E-state index is 10.8. The van der Waals surface area contributed by atoms with Crippen LogP contribution in [0.15, 0.2) is 18.2 Å². The first-order valence-corrected chi connectivity index (χ1v) is 6.09. The molecule has 0 aliphatic rings. The number of carboxylic acids is 1. The van der Waals surface area contributed by atoms with Crippen molar-refractivity contribution < 1.29 is 14.6 Å². The Bertz CT molecular complexity index is 394. The van der Waals surface area contributed by atoms with E-state index in [1.54, 1.807) is 12.1 Å². The van der Waals surface area contributed by atoms with Crippen LogP contribution in [0, 0.1) is 5.92 Å². The molecule has 18 heavy (non-hydrogen) atoms. The van der Waals surface area contributed by atoms with Crippen LogP contribution in [0.4, 0.5) is 5.82 Å². The van der Waals surface area contributed by atoms with E-state index in [0.29, 0.717) is 24.9 Å². The summed E-state index contributed by atoms with van der Waals surface area (Å²) in [6.07, 6.45) is 0. The third-order valence-electron chi connectivity index (χ3n) is 2.61. The second kappa shape index (κ2) is 6.96. The van der Waals surface area contributed by atoms with Crippen LogP contribution >= 0.6 is 0 Å². The van der Waals surface area contributed by atoms with Crippen molar-refractivity contribution >= 4 is 11.8 Å². The van der Waals surface area contributed by atoms with Gasteiger partial charge in [0.05, 0.1) is 12.6 Å². The number of hydrogen-bond donors (Lipinski definition) is 2. The molecule has 5 nitrogen and oxygen atoms in total. The average molecular weight is 252 g/mol. The van der Waals surface area contributed by atoms with Gasteiger partial charge in [-0.25, -0.2) is 9.78 Å². The van der Waals surface area contributed by atoms with Crippen molar-refractivity contribution in [1.29, 1.82) is 0 Å². The van der Waals surface area contributed by atoms with Crippen LogP contribution in [0.2, 0.25) is 0 Å². The highest BCUT2D eigenvalue weighted by atomic mass is 16.5. The van der Waals surface area contributed by atoms with Crippen molar-refractivity contribution in [2.45, 2.75) is 26.8 Å². The Morgan fingerprint density at radius 2 is 2.22 bits per heavy atom. The predicted molar refractivity (Wildman–Crippen MR) is 69.9 cm³/mol. The number of nitrogens with one attached hydrogen (secondary N) is 1. The maximum atomic E-state index is 10.8. The van der Waals surface area contributed by atoms with Gasteiger partial charge in [-0.2, -0.15) is 0 Å². The number of aromatic carboxylic acids is 1. The van der Waals surface area contributed by atoms with Crippen molar-refractivity contribution in [3.05, 3.63) is 23.9 Å². The Balaban J connectivity index is 2.73. The lowest BCUT2D eigenvalue weighted by Crippen LogP contribution is -2.31. The first kappa shape index (κ1) is 14.4. The molecule has 0 aromatic carbocycles. The molecule has 0 saturated heterocycles. The monoisotopic (exact) mass is 252 g/mol. The summed E-state index contributed by atoms with van der Waals surface area (Å²) < 4.78 is 5.40. The second-order valence-corrected chi connectivity index (χ2v) is 4.37. The van der Waals surface area contributed by atoms with Crippen molar-refractivity contribution in [3.8, 4) is 0 Å². The SMILES string of the molecule is CCOCC(Nc1cccc(C(=O)O)n1)C(C)C. The summed E-state index contributed by atoms with van der Waals surface area (Å²) >= 11 is 0. The standard InChI is InChI=1S/C13H20N2O3/c1-4-18-8-11(9(2)3)15-12-7-5-6-10(14-12)13(16)17/h5-7,9,11H,4,8H2,1-3H3,(H,14,15)(H,16,17). The van der Waals surface area contributed by atoms with Crippen LogP contribution < -0.4 is 5.32 Å². The van der Waals surface area contributed by atoms with Crippen molar-refractivity contribution in [1.82, 2.24) is 4.98 Å². The Kier molecular flexibility index (Phi) is 5.58. The zero-order valence-electron chi connectivity index (χ0n) is 11.0. The van der Waals surface area contributed by atoms with E-state index < -0.39 is 5.97 Å². The van der Waals surface area contributed by atoms with Gasteiger partial charge < -0.3 is 15.2 Å². The van der Waals surface area contributed by atoms with Gasteiger partial charge in [0, 0.05) is 6.61 Å². The van der Waals surface area contributed by atoms with Gasteiger partial charge in [0.1, 0.15) is 5.82 Å². The first-order chi connectivity index (χ1) is 8.54. The fourth-order valence-electron chi connectivity index (χ4n) is 1.47. The van der Waals surface area contributed by atoms with Crippen LogP contribution in [0.25, 0.3) is 0 Å². The molecule has 0 aliphatic carbocycles. The first-order valence-electron chi connectivity index (χ1n) is 6.09. The summed E-state index contributed by atoms with van der Waals surface area (Å²) in [5, 5.41) is 12.1. The molecular weight excluding hydrogens is 232 g/mol. The minimum Gasteiger partial charge on any atom is -0.477 e. The minimum atomic E-state index is -1.02. The molecule has 0 spiro atoms. The topological polar surface area (TPSA) is 71.5 Å². The molecule has 1 aromatic rings. The number of carbonyl (C=O) groups is 1. The molecule has 0 aliphatic heterocycles. The number of ether oxygens (including phenoxy) is 1. The smallest absolute Gasteiger partial charge is 0.354 e. The van der Waals surface area contributed by atoms with Gasteiger partial charge in [0.2, 0.25) is 0 Å². The van der Waals surface area contributed by atoms with E-state index in [2.05, 4.69) is 24.1 Å². The molecule has 1 aromatic heterocycles. The maximum Gasteiger partial charge on any atom is 0.354 e. The van der Waals surface area contributed by atoms with E-state index in [4.69, 9.17) is 9.84 Å². The third kappa shape index (κ3) is 4.33. The zero-order valence-corrected chi connectivity index (χ0v) is 11.0. The summed E-state index contributed by atoms with van der Waals surface area (Å²) in [5.74, 6) is -0.0929. The van der Waals surface area contributed by atoms with Crippen LogP contribution in [0.3, 0.4) is 0 Å². The lowest BCUT2D eigenvalue weighted by atomic mass is 10.1. The highest BCUT2D eigenvalue weighted by Crippen LogP contribution is 2.12. The molecule has 100 valence electrons. The molecular formula is C13H20N2O3. The molecule has 0 fully saturated rings. The van der Waals surface area contributed by atoms with E-state index in [0.717, 1.165) is 0 Å². The van der Waals surface area contributed by atoms with E-state index in [9.17, 15) is 4.79 Å².